The first-order valence-corrected chi connectivity index (χ1v) is 6.19. The molecule has 0 radical (unpaired) electrons. The second-order valence-electron chi connectivity index (χ2n) is 3.69. The van der Waals surface area contributed by atoms with Crippen LogP contribution in [0.15, 0.2) is 24.3 Å². The van der Waals surface area contributed by atoms with E-state index in [1.807, 2.05) is 13.0 Å². The topological polar surface area (TPSA) is 61.8 Å². The van der Waals surface area contributed by atoms with Gasteiger partial charge in [-0.15, -0.1) is 0 Å². The van der Waals surface area contributed by atoms with Crippen molar-refractivity contribution in [3.63, 3.8) is 0 Å². The van der Waals surface area contributed by atoms with Gasteiger partial charge in [-0.05, 0) is 26.0 Å². The number of para-hydroxylation sites is 2. The number of esters is 1. The van der Waals surface area contributed by atoms with Crippen molar-refractivity contribution in [2.75, 3.05) is 19.8 Å². The standard InChI is InChI=1S/C14H18O5/c1-3-17-12-7-5-6-8-13(12)19-10-11(15)9-14(16)18-4-2/h5-8H,3-4,9-10H2,1-2H3. The van der Waals surface area contributed by atoms with Crippen molar-refractivity contribution in [2.45, 2.75) is 20.3 Å². The Hall–Kier alpha value is -2.04. The third kappa shape index (κ3) is 5.42. The summed E-state index contributed by atoms with van der Waals surface area (Å²) in [4.78, 5) is 22.6. The molecule has 104 valence electrons. The lowest BCUT2D eigenvalue weighted by molar-refractivity contribution is -0.145. The van der Waals surface area contributed by atoms with Gasteiger partial charge in [0.25, 0.3) is 0 Å². The molecule has 19 heavy (non-hydrogen) atoms. The number of rotatable bonds is 8. The Bertz CT molecular complexity index is 428. The Morgan fingerprint density at radius 3 is 2.21 bits per heavy atom. The van der Waals surface area contributed by atoms with Gasteiger partial charge in [-0.3, -0.25) is 9.59 Å². The molecule has 0 spiro atoms. The van der Waals surface area contributed by atoms with E-state index in [4.69, 9.17) is 9.47 Å². The number of ketones is 1. The Kier molecular flexibility index (Phi) is 6.43. The first kappa shape index (κ1) is 15.0. The fraction of sp³-hybridized carbons (Fsp3) is 0.429. The van der Waals surface area contributed by atoms with Crippen LogP contribution in [0.25, 0.3) is 0 Å². The van der Waals surface area contributed by atoms with Gasteiger partial charge in [0.05, 0.1) is 13.2 Å². The Labute approximate surface area is 112 Å². The van der Waals surface area contributed by atoms with Gasteiger partial charge in [-0.1, -0.05) is 12.1 Å². The molecular formula is C14H18O5. The molecule has 0 N–H and O–H groups in total. The molecule has 0 aliphatic rings. The summed E-state index contributed by atoms with van der Waals surface area (Å²) in [5, 5.41) is 0. The van der Waals surface area contributed by atoms with Crippen molar-refractivity contribution >= 4 is 11.8 Å². The van der Waals surface area contributed by atoms with Gasteiger partial charge in [-0.25, -0.2) is 0 Å². The number of carbonyl (C=O) groups is 2. The zero-order valence-electron chi connectivity index (χ0n) is 11.2. The monoisotopic (exact) mass is 266 g/mol. The van der Waals surface area contributed by atoms with Crippen molar-refractivity contribution in [2.24, 2.45) is 0 Å². The van der Waals surface area contributed by atoms with Gasteiger partial charge >= 0.3 is 5.97 Å². The number of hydrogen-bond donors (Lipinski definition) is 0. The third-order valence-corrected chi connectivity index (χ3v) is 2.18. The van der Waals surface area contributed by atoms with E-state index in [-0.39, 0.29) is 25.4 Å². The molecule has 0 heterocycles. The lowest BCUT2D eigenvalue weighted by atomic mass is 10.3. The minimum atomic E-state index is -0.533. The number of carbonyl (C=O) groups excluding carboxylic acids is 2. The Balaban J connectivity index is 2.48. The molecule has 5 heteroatoms. The summed E-state index contributed by atoms with van der Waals surface area (Å²) in [6.45, 7) is 4.15. The molecule has 5 nitrogen and oxygen atoms in total. The minimum Gasteiger partial charge on any atom is -0.490 e. The normalized spacial score (nSPS) is 9.79. The van der Waals surface area contributed by atoms with Crippen molar-refractivity contribution in [1.29, 1.82) is 0 Å². The summed E-state index contributed by atoms with van der Waals surface area (Å²) in [5.74, 6) is 0.203. The van der Waals surface area contributed by atoms with E-state index >= 15 is 0 Å². The van der Waals surface area contributed by atoms with Gasteiger partial charge in [0.2, 0.25) is 0 Å². The maximum atomic E-state index is 11.5. The summed E-state index contributed by atoms with van der Waals surface area (Å²) in [6, 6.07) is 7.07. The first-order valence-electron chi connectivity index (χ1n) is 6.19. The third-order valence-electron chi connectivity index (χ3n) is 2.18. The van der Waals surface area contributed by atoms with Crippen molar-refractivity contribution in [3.8, 4) is 11.5 Å². The molecular weight excluding hydrogens is 248 g/mol. The van der Waals surface area contributed by atoms with Crippen LogP contribution in [0.2, 0.25) is 0 Å². The second-order valence-corrected chi connectivity index (χ2v) is 3.69. The molecule has 0 aliphatic carbocycles. The van der Waals surface area contributed by atoms with Gasteiger partial charge in [0.15, 0.2) is 17.3 Å². The van der Waals surface area contributed by atoms with Crippen LogP contribution in [0.5, 0.6) is 11.5 Å². The maximum Gasteiger partial charge on any atom is 0.313 e. The molecule has 0 atom stereocenters. The molecule has 0 saturated carbocycles. The molecule has 0 fully saturated rings. The Morgan fingerprint density at radius 1 is 1.00 bits per heavy atom. The smallest absolute Gasteiger partial charge is 0.313 e. The van der Waals surface area contributed by atoms with E-state index in [1.54, 1.807) is 25.1 Å². The van der Waals surface area contributed by atoms with Crippen LogP contribution in [-0.2, 0) is 14.3 Å². The summed E-state index contributed by atoms with van der Waals surface area (Å²) in [5.41, 5.74) is 0. The van der Waals surface area contributed by atoms with Crippen LogP contribution < -0.4 is 9.47 Å². The van der Waals surface area contributed by atoms with Gasteiger partial charge in [-0.2, -0.15) is 0 Å². The highest BCUT2D eigenvalue weighted by molar-refractivity contribution is 5.96. The van der Waals surface area contributed by atoms with Crippen molar-refractivity contribution in [3.05, 3.63) is 24.3 Å². The van der Waals surface area contributed by atoms with E-state index in [2.05, 4.69) is 4.74 Å². The molecule has 0 bridgehead atoms. The lowest BCUT2D eigenvalue weighted by Crippen LogP contribution is -2.17. The molecule has 0 unspecified atom stereocenters. The van der Waals surface area contributed by atoms with Gasteiger partial charge in [0, 0.05) is 0 Å². The SMILES string of the molecule is CCOC(=O)CC(=O)COc1ccccc1OCC. The lowest BCUT2D eigenvalue weighted by Gasteiger charge is -2.10. The van der Waals surface area contributed by atoms with Gasteiger partial charge in [0.1, 0.15) is 13.0 Å². The van der Waals surface area contributed by atoms with E-state index in [0.717, 1.165) is 0 Å². The molecule has 1 rings (SSSR count). The molecule has 0 aliphatic heterocycles. The number of hydrogen-bond acceptors (Lipinski definition) is 5. The zero-order chi connectivity index (χ0) is 14.1. The van der Waals surface area contributed by atoms with E-state index < -0.39 is 5.97 Å². The summed E-state index contributed by atoms with van der Waals surface area (Å²) >= 11 is 0. The van der Waals surface area contributed by atoms with Crippen LogP contribution in [0.4, 0.5) is 0 Å². The van der Waals surface area contributed by atoms with E-state index in [1.165, 1.54) is 0 Å². The zero-order valence-corrected chi connectivity index (χ0v) is 11.2. The average molecular weight is 266 g/mol. The van der Waals surface area contributed by atoms with Crippen LogP contribution in [0.3, 0.4) is 0 Å². The molecule has 1 aromatic carbocycles. The first-order chi connectivity index (χ1) is 9.17. The van der Waals surface area contributed by atoms with Crippen LogP contribution >= 0.6 is 0 Å². The number of benzene rings is 1. The summed E-state index contributed by atoms with van der Waals surface area (Å²) in [7, 11) is 0. The fourth-order valence-electron chi connectivity index (χ4n) is 1.43. The summed E-state index contributed by atoms with van der Waals surface area (Å²) in [6.07, 6.45) is -0.273. The van der Waals surface area contributed by atoms with Crippen LogP contribution in [0, 0.1) is 0 Å². The molecule has 1 aromatic rings. The predicted molar refractivity (Wildman–Crippen MR) is 69.4 cm³/mol. The molecule has 0 aromatic heterocycles. The highest BCUT2D eigenvalue weighted by atomic mass is 16.5. The largest absolute Gasteiger partial charge is 0.490 e. The minimum absolute atomic E-state index is 0.178. The predicted octanol–water partition coefficient (Wildman–Crippen LogP) is 1.99. The van der Waals surface area contributed by atoms with E-state index in [0.29, 0.717) is 18.1 Å². The Morgan fingerprint density at radius 2 is 1.63 bits per heavy atom. The maximum absolute atomic E-state index is 11.5. The molecule has 0 amide bonds. The highest BCUT2D eigenvalue weighted by Crippen LogP contribution is 2.26. The number of ether oxygens (including phenoxy) is 3. The van der Waals surface area contributed by atoms with Crippen LogP contribution in [0.1, 0.15) is 20.3 Å². The van der Waals surface area contributed by atoms with E-state index in [9.17, 15) is 9.59 Å². The quantitative estimate of drug-likeness (QED) is 0.532. The average Bonchev–Trinajstić information content (AvgIpc) is 2.38. The molecule has 0 saturated heterocycles. The highest BCUT2D eigenvalue weighted by Gasteiger charge is 2.12. The van der Waals surface area contributed by atoms with Crippen molar-refractivity contribution < 1.29 is 23.8 Å². The fourth-order valence-corrected chi connectivity index (χ4v) is 1.43. The number of Topliss-reactive ketones (excluding diaryl/α,β-unsaturated/α-hetero) is 1. The summed E-state index contributed by atoms with van der Waals surface area (Å²) < 4.78 is 15.4. The van der Waals surface area contributed by atoms with Crippen LogP contribution in [-0.4, -0.2) is 31.6 Å². The van der Waals surface area contributed by atoms with Crippen molar-refractivity contribution in [1.82, 2.24) is 0 Å². The second kappa shape index (κ2) is 8.13. The van der Waals surface area contributed by atoms with Gasteiger partial charge < -0.3 is 14.2 Å².